The number of halogens is 2. The van der Waals surface area contributed by atoms with Crippen LogP contribution in [0.2, 0.25) is 10.0 Å². The van der Waals surface area contributed by atoms with Crippen LogP contribution in [0.1, 0.15) is 0 Å². The van der Waals surface area contributed by atoms with Crippen molar-refractivity contribution in [3.8, 4) is 11.4 Å². The van der Waals surface area contributed by atoms with Crippen molar-refractivity contribution in [2.75, 3.05) is 11.1 Å². The van der Waals surface area contributed by atoms with Gasteiger partial charge in [0, 0.05) is 31.2 Å². The van der Waals surface area contributed by atoms with Crippen molar-refractivity contribution in [1.29, 1.82) is 0 Å². The van der Waals surface area contributed by atoms with Crippen molar-refractivity contribution in [2.45, 2.75) is 5.16 Å². The van der Waals surface area contributed by atoms with Crippen molar-refractivity contribution >= 4 is 46.7 Å². The molecule has 1 amide bonds. The number of nitrogens with zero attached hydrogens (tertiary/aromatic N) is 5. The van der Waals surface area contributed by atoms with Gasteiger partial charge in [0.15, 0.2) is 16.8 Å². The fourth-order valence-corrected chi connectivity index (χ4v) is 3.14. The lowest BCUT2D eigenvalue weighted by atomic mass is 10.2. The van der Waals surface area contributed by atoms with E-state index in [9.17, 15) is 4.79 Å². The number of aromatic nitrogens is 5. The van der Waals surface area contributed by atoms with Gasteiger partial charge in [-0.15, -0.1) is 10.2 Å². The lowest BCUT2D eigenvalue weighted by molar-refractivity contribution is -0.113. The Balaban J connectivity index is 1.64. The van der Waals surface area contributed by atoms with Crippen LogP contribution in [-0.2, 0) is 11.8 Å². The molecule has 25 heavy (non-hydrogen) atoms. The first kappa shape index (κ1) is 17.7. The molecule has 3 heterocycles. The van der Waals surface area contributed by atoms with Crippen LogP contribution in [0.25, 0.3) is 11.4 Å². The number of hydrogen-bond acceptors (Lipinski definition) is 6. The molecular formula is C15H12Cl2N6OS. The molecule has 3 aromatic rings. The summed E-state index contributed by atoms with van der Waals surface area (Å²) in [7, 11) is 1.84. The second-order valence-corrected chi connectivity index (χ2v) is 6.71. The molecule has 0 unspecified atom stereocenters. The zero-order valence-corrected chi connectivity index (χ0v) is 15.3. The van der Waals surface area contributed by atoms with Gasteiger partial charge in [-0.1, -0.05) is 35.0 Å². The van der Waals surface area contributed by atoms with Gasteiger partial charge in [0.1, 0.15) is 0 Å². The Labute approximate surface area is 157 Å². The predicted molar refractivity (Wildman–Crippen MR) is 97.8 cm³/mol. The van der Waals surface area contributed by atoms with Gasteiger partial charge in [0.25, 0.3) is 0 Å². The average Bonchev–Trinajstić information content (AvgIpc) is 2.97. The van der Waals surface area contributed by atoms with Crippen LogP contribution >= 0.6 is 35.0 Å². The van der Waals surface area contributed by atoms with Crippen LogP contribution in [0.5, 0.6) is 0 Å². The molecule has 3 rings (SSSR count). The molecule has 0 saturated heterocycles. The Hall–Kier alpha value is -2.16. The molecule has 0 aliphatic carbocycles. The topological polar surface area (TPSA) is 85.6 Å². The van der Waals surface area contributed by atoms with Crippen LogP contribution in [0.15, 0.2) is 41.9 Å². The first-order valence-corrected chi connectivity index (χ1v) is 8.82. The van der Waals surface area contributed by atoms with Crippen LogP contribution < -0.4 is 5.32 Å². The summed E-state index contributed by atoms with van der Waals surface area (Å²) in [6.45, 7) is 0. The summed E-state index contributed by atoms with van der Waals surface area (Å²) >= 11 is 13.0. The van der Waals surface area contributed by atoms with E-state index in [1.165, 1.54) is 24.0 Å². The van der Waals surface area contributed by atoms with Gasteiger partial charge < -0.3 is 9.88 Å². The highest BCUT2D eigenvalue weighted by molar-refractivity contribution is 7.99. The van der Waals surface area contributed by atoms with Crippen LogP contribution in [-0.4, -0.2) is 36.4 Å². The first-order chi connectivity index (χ1) is 12.0. The maximum absolute atomic E-state index is 12.1. The molecule has 0 aromatic carbocycles. The molecule has 0 atom stereocenters. The van der Waals surface area contributed by atoms with E-state index in [2.05, 4.69) is 25.5 Å². The number of hydrogen-bond donors (Lipinski definition) is 1. The molecule has 0 fully saturated rings. The van der Waals surface area contributed by atoms with E-state index in [1.807, 2.05) is 23.7 Å². The summed E-state index contributed by atoms with van der Waals surface area (Å²) in [6, 6.07) is 5.21. The predicted octanol–water partition coefficient (Wildman–Crippen LogP) is 3.31. The minimum Gasteiger partial charge on any atom is -0.309 e. The SMILES string of the molecule is Cn1c(SCC(=O)Nc2ncc(Cl)cc2Cl)nnc1-c1ccncc1. The quantitative estimate of drug-likeness (QED) is 0.668. The summed E-state index contributed by atoms with van der Waals surface area (Å²) in [5.41, 5.74) is 0.901. The molecule has 10 heteroatoms. The van der Waals surface area contributed by atoms with Gasteiger partial charge in [0.05, 0.1) is 15.8 Å². The zero-order chi connectivity index (χ0) is 17.8. The third-order valence-electron chi connectivity index (χ3n) is 3.17. The molecule has 0 aliphatic rings. The summed E-state index contributed by atoms with van der Waals surface area (Å²) < 4.78 is 1.82. The van der Waals surface area contributed by atoms with E-state index < -0.39 is 0 Å². The Morgan fingerprint density at radius 1 is 1.28 bits per heavy atom. The number of carbonyl (C=O) groups is 1. The van der Waals surface area contributed by atoms with Gasteiger partial charge in [-0.2, -0.15) is 0 Å². The molecule has 0 bridgehead atoms. The van der Waals surface area contributed by atoms with Gasteiger partial charge in [-0.05, 0) is 18.2 Å². The van der Waals surface area contributed by atoms with Gasteiger partial charge in [-0.3, -0.25) is 9.78 Å². The molecule has 0 radical (unpaired) electrons. The van der Waals surface area contributed by atoms with E-state index in [-0.39, 0.29) is 22.5 Å². The number of carbonyl (C=O) groups excluding carboxylic acids is 1. The normalized spacial score (nSPS) is 10.7. The first-order valence-electron chi connectivity index (χ1n) is 7.08. The van der Waals surface area contributed by atoms with Gasteiger partial charge >= 0.3 is 0 Å². The average molecular weight is 395 g/mol. The van der Waals surface area contributed by atoms with E-state index in [1.54, 1.807) is 12.4 Å². The van der Waals surface area contributed by atoms with Crippen LogP contribution in [0, 0.1) is 0 Å². The maximum atomic E-state index is 12.1. The summed E-state index contributed by atoms with van der Waals surface area (Å²) in [5, 5.41) is 12.2. The van der Waals surface area contributed by atoms with Gasteiger partial charge in [0.2, 0.25) is 5.91 Å². The highest BCUT2D eigenvalue weighted by atomic mass is 35.5. The molecule has 7 nitrogen and oxygen atoms in total. The van der Waals surface area contributed by atoms with E-state index in [0.717, 1.165) is 5.56 Å². The number of anilines is 1. The summed E-state index contributed by atoms with van der Waals surface area (Å²) in [5.74, 6) is 0.859. The third kappa shape index (κ3) is 4.28. The highest BCUT2D eigenvalue weighted by Crippen LogP contribution is 2.24. The van der Waals surface area contributed by atoms with Crippen molar-refractivity contribution < 1.29 is 4.79 Å². The van der Waals surface area contributed by atoms with Crippen LogP contribution in [0.3, 0.4) is 0 Å². The maximum Gasteiger partial charge on any atom is 0.236 e. The lowest BCUT2D eigenvalue weighted by Crippen LogP contribution is -2.15. The number of nitrogens with one attached hydrogen (secondary N) is 1. The number of rotatable bonds is 5. The summed E-state index contributed by atoms with van der Waals surface area (Å²) in [6.07, 6.45) is 4.79. The fourth-order valence-electron chi connectivity index (χ4n) is 2.00. The van der Waals surface area contributed by atoms with Crippen molar-refractivity contribution in [3.05, 3.63) is 46.8 Å². The van der Waals surface area contributed by atoms with Crippen LogP contribution in [0.4, 0.5) is 5.82 Å². The molecule has 0 saturated carbocycles. The number of thioether (sulfide) groups is 1. The van der Waals surface area contributed by atoms with E-state index in [4.69, 9.17) is 23.2 Å². The molecule has 0 spiro atoms. The Bertz CT molecular complexity index is 902. The second kappa shape index (κ2) is 7.81. The van der Waals surface area contributed by atoms with Gasteiger partial charge in [-0.25, -0.2) is 4.98 Å². The Morgan fingerprint density at radius 2 is 2.04 bits per heavy atom. The largest absolute Gasteiger partial charge is 0.309 e. The zero-order valence-electron chi connectivity index (χ0n) is 13.0. The van der Waals surface area contributed by atoms with Crippen molar-refractivity contribution in [1.82, 2.24) is 24.7 Å². The number of amides is 1. The van der Waals surface area contributed by atoms with E-state index >= 15 is 0 Å². The monoisotopic (exact) mass is 394 g/mol. The number of pyridine rings is 2. The minimum atomic E-state index is -0.254. The minimum absolute atomic E-state index is 0.142. The molecule has 0 aliphatic heterocycles. The smallest absolute Gasteiger partial charge is 0.236 e. The van der Waals surface area contributed by atoms with E-state index in [0.29, 0.717) is 16.0 Å². The standard InChI is InChI=1S/C15H12Cl2N6OS/c1-23-14(9-2-4-18-5-3-9)21-22-15(23)25-8-12(24)20-13-11(17)6-10(16)7-19-13/h2-7H,8H2,1H3,(H,19,20,24). The van der Waals surface area contributed by atoms with Crippen molar-refractivity contribution in [3.63, 3.8) is 0 Å². The Kier molecular flexibility index (Phi) is 5.52. The second-order valence-electron chi connectivity index (χ2n) is 4.92. The molecule has 1 N–H and O–H groups in total. The highest BCUT2D eigenvalue weighted by Gasteiger charge is 2.14. The summed E-state index contributed by atoms with van der Waals surface area (Å²) in [4.78, 5) is 20.1. The molecule has 128 valence electrons. The Morgan fingerprint density at radius 3 is 2.76 bits per heavy atom. The molecular weight excluding hydrogens is 383 g/mol. The van der Waals surface area contributed by atoms with Crippen molar-refractivity contribution in [2.24, 2.45) is 7.05 Å². The molecule has 3 aromatic heterocycles. The lowest BCUT2D eigenvalue weighted by Gasteiger charge is -2.06. The fraction of sp³-hybridized carbons (Fsp3) is 0.133. The third-order valence-corrected chi connectivity index (χ3v) is 4.69.